The van der Waals surface area contributed by atoms with Gasteiger partial charge in [-0.3, -0.25) is 9.78 Å². The van der Waals surface area contributed by atoms with Gasteiger partial charge in [0.2, 0.25) is 5.91 Å². The van der Waals surface area contributed by atoms with Crippen molar-refractivity contribution >= 4 is 5.91 Å². The smallest absolute Gasteiger partial charge is 0.224 e. The van der Waals surface area contributed by atoms with Crippen LogP contribution in [0.25, 0.3) is 11.4 Å². The van der Waals surface area contributed by atoms with Crippen LogP contribution in [-0.2, 0) is 17.6 Å². The van der Waals surface area contributed by atoms with Gasteiger partial charge in [0.05, 0.1) is 18.2 Å². The number of benzene rings is 1. The third kappa shape index (κ3) is 4.47. The lowest BCUT2D eigenvalue weighted by Crippen LogP contribution is -2.37. The third-order valence-electron chi connectivity index (χ3n) is 5.23. The van der Waals surface area contributed by atoms with Crippen LogP contribution in [0.4, 0.5) is 4.39 Å². The number of nitrogens with zero attached hydrogens (tertiary/aromatic N) is 3. The molecule has 1 aliphatic carbocycles. The fourth-order valence-electron chi connectivity index (χ4n) is 3.85. The van der Waals surface area contributed by atoms with E-state index in [4.69, 9.17) is 4.98 Å². The first-order valence-corrected chi connectivity index (χ1v) is 9.70. The van der Waals surface area contributed by atoms with Crippen molar-refractivity contribution in [2.45, 2.75) is 39.2 Å². The van der Waals surface area contributed by atoms with Crippen LogP contribution in [0.3, 0.4) is 0 Å². The second kappa shape index (κ2) is 7.70. The van der Waals surface area contributed by atoms with Crippen molar-refractivity contribution in [2.24, 2.45) is 5.41 Å². The van der Waals surface area contributed by atoms with Crippen molar-refractivity contribution in [1.82, 2.24) is 20.3 Å². The van der Waals surface area contributed by atoms with Crippen molar-refractivity contribution in [2.75, 3.05) is 0 Å². The number of carbonyl (C=O) groups excluding carboxylic acids is 1. The van der Waals surface area contributed by atoms with Gasteiger partial charge in [0, 0.05) is 29.7 Å². The molecule has 1 amide bonds. The fourth-order valence-corrected chi connectivity index (χ4v) is 3.85. The number of carbonyl (C=O) groups is 1. The Morgan fingerprint density at radius 2 is 1.90 bits per heavy atom. The molecule has 6 heteroatoms. The van der Waals surface area contributed by atoms with E-state index in [-0.39, 0.29) is 29.6 Å². The molecule has 2 aromatic heterocycles. The molecule has 0 bridgehead atoms. The lowest BCUT2D eigenvalue weighted by Gasteiger charge is -2.36. The molecule has 0 saturated heterocycles. The molecule has 1 atom stereocenters. The van der Waals surface area contributed by atoms with E-state index in [1.807, 2.05) is 18.3 Å². The third-order valence-corrected chi connectivity index (χ3v) is 5.23. The lowest BCUT2D eigenvalue weighted by atomic mass is 9.74. The molecule has 0 aliphatic heterocycles. The van der Waals surface area contributed by atoms with Crippen LogP contribution in [0.15, 0.2) is 55.0 Å². The molecule has 29 heavy (non-hydrogen) atoms. The predicted octanol–water partition coefficient (Wildman–Crippen LogP) is 4.05. The number of rotatable bonds is 4. The Morgan fingerprint density at radius 3 is 2.62 bits per heavy atom. The molecule has 0 spiro atoms. The first-order valence-electron chi connectivity index (χ1n) is 9.70. The lowest BCUT2D eigenvalue weighted by molar-refractivity contribution is -0.121. The maximum Gasteiger partial charge on any atom is 0.224 e. The number of hydrogen-bond donors (Lipinski definition) is 1. The van der Waals surface area contributed by atoms with Gasteiger partial charge in [-0.05, 0) is 48.1 Å². The first-order chi connectivity index (χ1) is 13.9. The molecule has 4 rings (SSSR count). The normalized spacial score (nSPS) is 17.4. The van der Waals surface area contributed by atoms with E-state index >= 15 is 0 Å². The maximum absolute atomic E-state index is 13.1. The van der Waals surface area contributed by atoms with E-state index in [0.29, 0.717) is 5.82 Å². The highest BCUT2D eigenvalue weighted by Crippen LogP contribution is 2.40. The average Bonchev–Trinajstić information content (AvgIpc) is 2.69. The molecule has 1 aliphatic rings. The van der Waals surface area contributed by atoms with Crippen molar-refractivity contribution in [3.05, 3.63) is 77.6 Å². The van der Waals surface area contributed by atoms with Gasteiger partial charge in [-0.25, -0.2) is 14.4 Å². The van der Waals surface area contributed by atoms with Crippen LogP contribution in [-0.4, -0.2) is 20.9 Å². The minimum atomic E-state index is -0.306. The van der Waals surface area contributed by atoms with Gasteiger partial charge in [0.1, 0.15) is 5.82 Å². The Bertz CT molecular complexity index is 1020. The number of hydrogen-bond acceptors (Lipinski definition) is 4. The quantitative estimate of drug-likeness (QED) is 0.730. The summed E-state index contributed by atoms with van der Waals surface area (Å²) in [5.74, 6) is 0.267. The van der Waals surface area contributed by atoms with Crippen molar-refractivity contribution < 1.29 is 9.18 Å². The second-order valence-electron chi connectivity index (χ2n) is 8.30. The van der Waals surface area contributed by atoms with Gasteiger partial charge in [-0.15, -0.1) is 0 Å². The standard InChI is InChI=1S/C23H23FN4O/c1-23(2)12-19(27-21(29)11-15-3-5-17(24)6-4-15)18-14-26-22(28-20(18)13-23)16-7-9-25-10-8-16/h3-10,14,19H,11-13H2,1-2H3,(H,27,29). The summed E-state index contributed by atoms with van der Waals surface area (Å²) in [5, 5.41) is 3.13. The summed E-state index contributed by atoms with van der Waals surface area (Å²) >= 11 is 0. The number of pyridine rings is 1. The Kier molecular flexibility index (Phi) is 5.09. The van der Waals surface area contributed by atoms with E-state index < -0.39 is 0 Å². The Hall–Kier alpha value is -3.15. The van der Waals surface area contributed by atoms with Crippen LogP contribution in [0, 0.1) is 11.2 Å². The van der Waals surface area contributed by atoms with Gasteiger partial charge >= 0.3 is 0 Å². The predicted molar refractivity (Wildman–Crippen MR) is 108 cm³/mol. The fraction of sp³-hybridized carbons (Fsp3) is 0.304. The van der Waals surface area contributed by atoms with Crippen LogP contribution >= 0.6 is 0 Å². The summed E-state index contributed by atoms with van der Waals surface area (Å²) in [6, 6.07) is 9.64. The summed E-state index contributed by atoms with van der Waals surface area (Å²) in [6.45, 7) is 4.37. The number of fused-ring (bicyclic) bond motifs is 1. The van der Waals surface area contributed by atoms with Gasteiger partial charge in [-0.1, -0.05) is 26.0 Å². The van der Waals surface area contributed by atoms with Crippen molar-refractivity contribution in [3.8, 4) is 11.4 Å². The Labute approximate surface area is 169 Å². The molecule has 1 N–H and O–H groups in total. The van der Waals surface area contributed by atoms with Crippen LogP contribution in [0.1, 0.15) is 43.1 Å². The number of halogens is 1. The summed E-state index contributed by atoms with van der Waals surface area (Å²) in [7, 11) is 0. The number of nitrogens with one attached hydrogen (secondary N) is 1. The van der Waals surface area contributed by atoms with Gasteiger partial charge in [0.25, 0.3) is 0 Å². The highest BCUT2D eigenvalue weighted by Gasteiger charge is 2.34. The molecule has 1 unspecified atom stereocenters. The summed E-state index contributed by atoms with van der Waals surface area (Å²) in [4.78, 5) is 26.0. The average molecular weight is 390 g/mol. The molecule has 0 radical (unpaired) electrons. The van der Waals surface area contributed by atoms with E-state index in [0.717, 1.165) is 35.2 Å². The summed E-state index contributed by atoms with van der Waals surface area (Å²) in [6.07, 6.45) is 7.13. The Morgan fingerprint density at radius 1 is 1.17 bits per heavy atom. The topological polar surface area (TPSA) is 67.8 Å². The first kappa shape index (κ1) is 19.2. The molecule has 3 aromatic rings. The van der Waals surface area contributed by atoms with Crippen LogP contribution < -0.4 is 5.32 Å². The van der Waals surface area contributed by atoms with Crippen LogP contribution in [0.5, 0.6) is 0 Å². The maximum atomic E-state index is 13.1. The molecule has 148 valence electrons. The van der Waals surface area contributed by atoms with Gasteiger partial charge < -0.3 is 5.32 Å². The molecule has 0 saturated carbocycles. The summed E-state index contributed by atoms with van der Waals surface area (Å²) < 4.78 is 13.1. The van der Waals surface area contributed by atoms with Crippen molar-refractivity contribution in [3.63, 3.8) is 0 Å². The van der Waals surface area contributed by atoms with Crippen LogP contribution in [0.2, 0.25) is 0 Å². The molecule has 0 fully saturated rings. The number of amides is 1. The minimum absolute atomic E-state index is 0.00465. The largest absolute Gasteiger partial charge is 0.349 e. The molecule has 1 aromatic carbocycles. The van der Waals surface area contributed by atoms with Gasteiger partial charge in [0.15, 0.2) is 5.82 Å². The molecular formula is C23H23FN4O. The SMILES string of the molecule is CC1(C)Cc2nc(-c3ccncc3)ncc2C(NC(=O)Cc2ccc(F)cc2)C1. The van der Waals surface area contributed by atoms with Crippen molar-refractivity contribution in [1.29, 1.82) is 0 Å². The zero-order valence-electron chi connectivity index (χ0n) is 16.5. The summed E-state index contributed by atoms with van der Waals surface area (Å²) in [5.41, 5.74) is 3.64. The highest BCUT2D eigenvalue weighted by molar-refractivity contribution is 5.79. The monoisotopic (exact) mass is 390 g/mol. The molecule has 5 nitrogen and oxygen atoms in total. The zero-order chi connectivity index (χ0) is 20.4. The highest BCUT2D eigenvalue weighted by atomic mass is 19.1. The van der Waals surface area contributed by atoms with E-state index in [2.05, 4.69) is 29.1 Å². The van der Waals surface area contributed by atoms with E-state index in [1.54, 1.807) is 24.5 Å². The van der Waals surface area contributed by atoms with E-state index in [9.17, 15) is 9.18 Å². The van der Waals surface area contributed by atoms with Gasteiger partial charge in [-0.2, -0.15) is 0 Å². The van der Waals surface area contributed by atoms with E-state index in [1.165, 1.54) is 12.1 Å². The zero-order valence-corrected chi connectivity index (χ0v) is 16.5. The number of aromatic nitrogens is 3. The molecule has 2 heterocycles. The molecular weight excluding hydrogens is 367 g/mol. The second-order valence-corrected chi connectivity index (χ2v) is 8.30. The Balaban J connectivity index is 1.57. The minimum Gasteiger partial charge on any atom is -0.349 e.